The summed E-state index contributed by atoms with van der Waals surface area (Å²) in [5.74, 6) is 0.398. The molecular formula is C14H16N2O3S. The lowest BCUT2D eigenvalue weighted by Crippen LogP contribution is -2.50. The molecule has 2 N–H and O–H groups in total. The minimum atomic E-state index is -0.962. The lowest BCUT2D eigenvalue weighted by Gasteiger charge is -2.36. The van der Waals surface area contributed by atoms with E-state index in [0.29, 0.717) is 18.7 Å². The SMILES string of the molecule is O=C(O)C1c2ccccc2CCN1C(=O)C1CSCN1. The monoisotopic (exact) mass is 292 g/mol. The van der Waals surface area contributed by atoms with Crippen molar-refractivity contribution in [1.29, 1.82) is 0 Å². The molecule has 0 radical (unpaired) electrons. The zero-order chi connectivity index (χ0) is 14.1. The zero-order valence-corrected chi connectivity index (χ0v) is 11.7. The van der Waals surface area contributed by atoms with Crippen LogP contribution in [0.5, 0.6) is 0 Å². The lowest BCUT2D eigenvalue weighted by atomic mass is 9.92. The van der Waals surface area contributed by atoms with Gasteiger partial charge in [-0.05, 0) is 17.5 Å². The van der Waals surface area contributed by atoms with Crippen molar-refractivity contribution >= 4 is 23.6 Å². The van der Waals surface area contributed by atoms with Crippen molar-refractivity contribution in [2.24, 2.45) is 0 Å². The molecule has 1 fully saturated rings. The quantitative estimate of drug-likeness (QED) is 0.846. The summed E-state index contributed by atoms with van der Waals surface area (Å²) in [7, 11) is 0. The number of carboxylic acid groups (broad SMARTS) is 1. The molecule has 20 heavy (non-hydrogen) atoms. The third kappa shape index (κ3) is 2.29. The molecule has 1 saturated heterocycles. The van der Waals surface area contributed by atoms with Crippen molar-refractivity contribution in [2.75, 3.05) is 18.2 Å². The van der Waals surface area contributed by atoms with E-state index in [1.165, 1.54) is 4.90 Å². The van der Waals surface area contributed by atoms with E-state index in [1.807, 2.05) is 24.3 Å². The molecule has 2 aliphatic rings. The molecule has 2 unspecified atom stereocenters. The fourth-order valence-electron chi connectivity index (χ4n) is 2.82. The number of nitrogens with zero attached hydrogens (tertiary/aromatic N) is 1. The van der Waals surface area contributed by atoms with E-state index >= 15 is 0 Å². The Bertz CT molecular complexity index is 543. The van der Waals surface area contributed by atoms with Gasteiger partial charge in [-0.2, -0.15) is 0 Å². The van der Waals surface area contributed by atoms with Gasteiger partial charge in [0.15, 0.2) is 6.04 Å². The third-order valence-electron chi connectivity index (χ3n) is 3.81. The van der Waals surface area contributed by atoms with Crippen LogP contribution in [0.2, 0.25) is 0 Å². The molecule has 1 aromatic rings. The van der Waals surface area contributed by atoms with E-state index in [0.717, 1.165) is 17.0 Å². The van der Waals surface area contributed by atoms with Crippen LogP contribution >= 0.6 is 11.8 Å². The molecule has 2 atom stereocenters. The Balaban J connectivity index is 1.92. The number of carbonyl (C=O) groups excluding carboxylic acids is 1. The molecule has 0 spiro atoms. The van der Waals surface area contributed by atoms with Crippen molar-refractivity contribution < 1.29 is 14.7 Å². The van der Waals surface area contributed by atoms with E-state index in [1.54, 1.807) is 11.8 Å². The summed E-state index contributed by atoms with van der Waals surface area (Å²) in [5.41, 5.74) is 1.77. The number of amides is 1. The topological polar surface area (TPSA) is 69.6 Å². The molecule has 2 heterocycles. The van der Waals surface area contributed by atoms with E-state index in [9.17, 15) is 14.7 Å². The number of fused-ring (bicyclic) bond motifs is 1. The highest BCUT2D eigenvalue weighted by Gasteiger charge is 2.38. The summed E-state index contributed by atoms with van der Waals surface area (Å²) in [6.45, 7) is 0.468. The maximum atomic E-state index is 12.5. The minimum absolute atomic E-state index is 0.100. The number of carbonyl (C=O) groups is 2. The fraction of sp³-hybridized carbons (Fsp3) is 0.429. The standard InChI is InChI=1S/C14H16N2O3S/c17-13(11-7-20-8-15-11)16-6-5-9-3-1-2-4-10(9)12(16)14(18)19/h1-4,11-12,15H,5-8H2,(H,18,19). The van der Waals surface area contributed by atoms with Crippen LogP contribution in [0.4, 0.5) is 0 Å². The maximum absolute atomic E-state index is 12.5. The summed E-state index contributed by atoms with van der Waals surface area (Å²) in [5, 5.41) is 12.6. The highest BCUT2D eigenvalue weighted by Crippen LogP contribution is 2.31. The summed E-state index contributed by atoms with van der Waals surface area (Å²) in [6, 6.07) is 6.37. The smallest absolute Gasteiger partial charge is 0.331 e. The van der Waals surface area contributed by atoms with Crippen LogP contribution in [-0.2, 0) is 16.0 Å². The number of rotatable bonds is 2. The normalized spacial score (nSPS) is 25.3. The average molecular weight is 292 g/mol. The van der Waals surface area contributed by atoms with Crippen molar-refractivity contribution in [1.82, 2.24) is 10.2 Å². The number of hydrogen-bond acceptors (Lipinski definition) is 4. The van der Waals surface area contributed by atoms with Crippen LogP contribution < -0.4 is 5.32 Å². The second-order valence-electron chi connectivity index (χ2n) is 4.99. The number of hydrogen-bond donors (Lipinski definition) is 2. The Labute approximate surface area is 121 Å². The van der Waals surface area contributed by atoms with Crippen LogP contribution in [0.3, 0.4) is 0 Å². The van der Waals surface area contributed by atoms with Crippen LogP contribution in [0.1, 0.15) is 17.2 Å². The van der Waals surface area contributed by atoms with Crippen molar-refractivity contribution in [3.8, 4) is 0 Å². The van der Waals surface area contributed by atoms with E-state index in [2.05, 4.69) is 5.32 Å². The number of aliphatic carboxylic acids is 1. The average Bonchev–Trinajstić information content (AvgIpc) is 2.99. The van der Waals surface area contributed by atoms with Crippen molar-refractivity contribution in [3.63, 3.8) is 0 Å². The number of benzene rings is 1. The van der Waals surface area contributed by atoms with Crippen LogP contribution in [0.25, 0.3) is 0 Å². The zero-order valence-electron chi connectivity index (χ0n) is 10.9. The molecule has 106 valence electrons. The molecule has 5 nitrogen and oxygen atoms in total. The Morgan fingerprint density at radius 2 is 2.15 bits per heavy atom. The Kier molecular flexibility index (Phi) is 3.67. The second kappa shape index (κ2) is 5.46. The van der Waals surface area contributed by atoms with Crippen molar-refractivity contribution in [2.45, 2.75) is 18.5 Å². The molecule has 6 heteroatoms. The Morgan fingerprint density at radius 1 is 1.35 bits per heavy atom. The van der Waals surface area contributed by atoms with Crippen LogP contribution in [0, 0.1) is 0 Å². The summed E-state index contributed by atoms with van der Waals surface area (Å²) < 4.78 is 0. The highest BCUT2D eigenvalue weighted by atomic mass is 32.2. The first kappa shape index (κ1) is 13.5. The second-order valence-corrected chi connectivity index (χ2v) is 6.02. The summed E-state index contributed by atoms with van der Waals surface area (Å²) in [4.78, 5) is 25.6. The predicted octanol–water partition coefficient (Wildman–Crippen LogP) is 0.859. The molecule has 0 aliphatic carbocycles. The van der Waals surface area contributed by atoms with Gasteiger partial charge in [0.1, 0.15) is 0 Å². The molecule has 0 aromatic heterocycles. The summed E-state index contributed by atoms with van der Waals surface area (Å²) >= 11 is 1.66. The number of thioether (sulfide) groups is 1. The molecule has 1 aromatic carbocycles. The largest absolute Gasteiger partial charge is 0.479 e. The van der Waals surface area contributed by atoms with Crippen molar-refractivity contribution in [3.05, 3.63) is 35.4 Å². The number of nitrogens with one attached hydrogen (secondary N) is 1. The van der Waals surface area contributed by atoms with Crippen LogP contribution in [-0.4, -0.2) is 46.1 Å². The van der Waals surface area contributed by atoms with Gasteiger partial charge >= 0.3 is 5.97 Å². The van der Waals surface area contributed by atoms with E-state index < -0.39 is 12.0 Å². The fourth-order valence-corrected chi connectivity index (χ4v) is 3.76. The van der Waals surface area contributed by atoms with E-state index in [4.69, 9.17) is 0 Å². The molecule has 2 aliphatic heterocycles. The first-order valence-corrected chi connectivity index (χ1v) is 7.76. The van der Waals surface area contributed by atoms with Gasteiger partial charge in [-0.15, -0.1) is 11.8 Å². The first-order valence-electron chi connectivity index (χ1n) is 6.60. The Morgan fingerprint density at radius 3 is 2.85 bits per heavy atom. The number of carboxylic acids is 1. The maximum Gasteiger partial charge on any atom is 0.331 e. The summed E-state index contributed by atoms with van der Waals surface area (Å²) in [6.07, 6.45) is 0.714. The molecule has 3 rings (SSSR count). The van der Waals surface area contributed by atoms with Gasteiger partial charge in [0.25, 0.3) is 0 Å². The van der Waals surface area contributed by atoms with Gasteiger partial charge in [-0.1, -0.05) is 24.3 Å². The van der Waals surface area contributed by atoms with E-state index in [-0.39, 0.29) is 11.9 Å². The molecule has 0 saturated carbocycles. The predicted molar refractivity (Wildman–Crippen MR) is 76.5 cm³/mol. The molecular weight excluding hydrogens is 276 g/mol. The highest BCUT2D eigenvalue weighted by molar-refractivity contribution is 7.99. The molecule has 0 bridgehead atoms. The van der Waals surface area contributed by atoms with Gasteiger partial charge in [0.2, 0.25) is 5.91 Å². The third-order valence-corrected chi connectivity index (χ3v) is 4.75. The first-order chi connectivity index (χ1) is 9.68. The minimum Gasteiger partial charge on any atom is -0.479 e. The lowest BCUT2D eigenvalue weighted by molar-refractivity contribution is -0.151. The molecule has 1 amide bonds. The van der Waals surface area contributed by atoms with Crippen LogP contribution in [0.15, 0.2) is 24.3 Å². The van der Waals surface area contributed by atoms with Gasteiger partial charge in [0.05, 0.1) is 6.04 Å². The van der Waals surface area contributed by atoms with Gasteiger partial charge in [-0.25, -0.2) is 4.79 Å². The Hall–Kier alpha value is -1.53. The van der Waals surface area contributed by atoms with Gasteiger partial charge in [0, 0.05) is 18.2 Å². The van der Waals surface area contributed by atoms with Gasteiger partial charge in [-0.3, -0.25) is 10.1 Å². The van der Waals surface area contributed by atoms with Gasteiger partial charge < -0.3 is 10.0 Å².